The molecule has 0 spiro atoms. The maximum atomic E-state index is 5.64. The zero-order valence-electron chi connectivity index (χ0n) is 8.55. The van der Waals surface area contributed by atoms with E-state index in [2.05, 4.69) is 40.1 Å². The largest absolute Gasteiger partial charge is 0.369 e. The fourth-order valence-corrected chi connectivity index (χ4v) is 1.31. The predicted octanol–water partition coefficient (Wildman–Crippen LogP) is 2.24. The van der Waals surface area contributed by atoms with Gasteiger partial charge in [-0.1, -0.05) is 13.8 Å². The molecule has 14 heavy (non-hydrogen) atoms. The van der Waals surface area contributed by atoms with E-state index in [1.54, 1.807) is 6.20 Å². The van der Waals surface area contributed by atoms with Gasteiger partial charge in [0.15, 0.2) is 0 Å². The molecular weight excluding hydrogens is 242 g/mol. The van der Waals surface area contributed by atoms with Crippen LogP contribution in [-0.2, 0) is 0 Å². The molecule has 78 valence electrons. The number of pyridine rings is 1. The Kier molecular flexibility index (Phi) is 3.89. The Hall–Kier alpha value is -0.610. The molecule has 4 heteroatoms. The highest BCUT2D eigenvalue weighted by molar-refractivity contribution is 9.10. The van der Waals surface area contributed by atoms with Gasteiger partial charge in [-0.3, -0.25) is 0 Å². The van der Waals surface area contributed by atoms with Crippen molar-refractivity contribution in [2.75, 3.05) is 18.4 Å². The van der Waals surface area contributed by atoms with Gasteiger partial charge in [0, 0.05) is 12.7 Å². The second-order valence-electron chi connectivity index (χ2n) is 4.06. The van der Waals surface area contributed by atoms with E-state index < -0.39 is 0 Å². The van der Waals surface area contributed by atoms with Gasteiger partial charge in [0.2, 0.25) is 0 Å². The van der Waals surface area contributed by atoms with Gasteiger partial charge in [-0.2, -0.15) is 0 Å². The fourth-order valence-electron chi connectivity index (χ4n) is 0.911. The number of rotatable bonds is 4. The molecule has 0 fully saturated rings. The molecule has 0 bridgehead atoms. The second-order valence-corrected chi connectivity index (χ2v) is 4.91. The first kappa shape index (κ1) is 11.5. The van der Waals surface area contributed by atoms with Crippen molar-refractivity contribution in [1.29, 1.82) is 0 Å². The van der Waals surface area contributed by atoms with Crippen molar-refractivity contribution in [3.63, 3.8) is 0 Å². The molecule has 0 aliphatic carbocycles. The lowest BCUT2D eigenvalue weighted by Crippen LogP contribution is -2.31. The monoisotopic (exact) mass is 257 g/mol. The molecule has 0 radical (unpaired) electrons. The summed E-state index contributed by atoms with van der Waals surface area (Å²) in [6, 6.07) is 3.86. The lowest BCUT2D eigenvalue weighted by molar-refractivity contribution is 0.405. The Morgan fingerprint density at radius 2 is 2.29 bits per heavy atom. The van der Waals surface area contributed by atoms with E-state index in [1.807, 2.05) is 12.1 Å². The first-order valence-electron chi connectivity index (χ1n) is 4.60. The van der Waals surface area contributed by atoms with Crippen LogP contribution >= 0.6 is 15.9 Å². The van der Waals surface area contributed by atoms with Gasteiger partial charge in [-0.15, -0.1) is 0 Å². The zero-order valence-corrected chi connectivity index (χ0v) is 10.1. The number of nitrogens with one attached hydrogen (secondary N) is 1. The van der Waals surface area contributed by atoms with E-state index in [4.69, 9.17) is 5.73 Å². The third kappa shape index (κ3) is 3.27. The third-order valence-corrected chi connectivity index (χ3v) is 2.69. The number of nitrogens with zero attached hydrogens (tertiary/aromatic N) is 1. The standard InChI is InChI=1S/C10H16BrN3/c1-10(2,6-12)7-14-9-8(11)4-3-5-13-9/h3-5H,6-7,12H2,1-2H3,(H,13,14). The minimum atomic E-state index is 0.0942. The van der Waals surface area contributed by atoms with Crippen LogP contribution in [0.3, 0.4) is 0 Å². The van der Waals surface area contributed by atoms with Crippen molar-refractivity contribution >= 4 is 21.7 Å². The van der Waals surface area contributed by atoms with Crippen molar-refractivity contribution in [1.82, 2.24) is 4.98 Å². The van der Waals surface area contributed by atoms with E-state index >= 15 is 0 Å². The van der Waals surface area contributed by atoms with Crippen LogP contribution in [-0.4, -0.2) is 18.1 Å². The molecule has 1 rings (SSSR count). The van der Waals surface area contributed by atoms with Gasteiger partial charge in [-0.25, -0.2) is 4.98 Å². The molecule has 0 unspecified atom stereocenters. The molecule has 1 aromatic rings. The van der Waals surface area contributed by atoms with Gasteiger partial charge in [-0.05, 0) is 40.0 Å². The van der Waals surface area contributed by atoms with Gasteiger partial charge >= 0.3 is 0 Å². The van der Waals surface area contributed by atoms with E-state index in [0.717, 1.165) is 16.8 Å². The Bertz CT molecular complexity index is 299. The summed E-state index contributed by atoms with van der Waals surface area (Å²) in [6.45, 7) is 5.72. The summed E-state index contributed by atoms with van der Waals surface area (Å²) in [5, 5.41) is 3.27. The molecule has 1 aromatic heterocycles. The summed E-state index contributed by atoms with van der Waals surface area (Å²) >= 11 is 3.43. The normalized spacial score (nSPS) is 11.4. The molecule has 0 aromatic carbocycles. The highest BCUT2D eigenvalue weighted by Crippen LogP contribution is 2.20. The highest BCUT2D eigenvalue weighted by atomic mass is 79.9. The molecular formula is C10H16BrN3. The first-order valence-corrected chi connectivity index (χ1v) is 5.39. The molecule has 0 amide bonds. The number of anilines is 1. The van der Waals surface area contributed by atoms with Gasteiger partial charge in [0.05, 0.1) is 4.47 Å². The maximum Gasteiger partial charge on any atom is 0.140 e. The predicted molar refractivity (Wildman–Crippen MR) is 63.3 cm³/mol. The number of hydrogen-bond donors (Lipinski definition) is 2. The Balaban J connectivity index is 2.58. The van der Waals surface area contributed by atoms with Crippen molar-refractivity contribution in [2.45, 2.75) is 13.8 Å². The highest BCUT2D eigenvalue weighted by Gasteiger charge is 2.15. The Morgan fingerprint density at radius 1 is 1.57 bits per heavy atom. The van der Waals surface area contributed by atoms with Crippen LogP contribution in [0.25, 0.3) is 0 Å². The summed E-state index contributed by atoms with van der Waals surface area (Å²) in [6.07, 6.45) is 1.77. The summed E-state index contributed by atoms with van der Waals surface area (Å²) in [4.78, 5) is 4.22. The lowest BCUT2D eigenvalue weighted by Gasteiger charge is -2.23. The average Bonchev–Trinajstić information content (AvgIpc) is 2.17. The topological polar surface area (TPSA) is 50.9 Å². The Morgan fingerprint density at radius 3 is 2.86 bits per heavy atom. The quantitative estimate of drug-likeness (QED) is 0.870. The summed E-state index contributed by atoms with van der Waals surface area (Å²) in [5.41, 5.74) is 5.73. The van der Waals surface area contributed by atoms with E-state index in [1.165, 1.54) is 0 Å². The maximum absolute atomic E-state index is 5.64. The van der Waals surface area contributed by atoms with Crippen LogP contribution in [0.4, 0.5) is 5.82 Å². The van der Waals surface area contributed by atoms with Crippen molar-refractivity contribution in [3.8, 4) is 0 Å². The number of aromatic nitrogens is 1. The molecule has 0 aliphatic rings. The molecule has 0 saturated carbocycles. The lowest BCUT2D eigenvalue weighted by atomic mass is 9.94. The van der Waals surface area contributed by atoms with Gasteiger partial charge in [0.1, 0.15) is 5.82 Å². The molecule has 1 heterocycles. The molecule has 0 atom stereocenters. The number of nitrogens with two attached hydrogens (primary N) is 1. The minimum absolute atomic E-state index is 0.0942. The van der Waals surface area contributed by atoms with Crippen molar-refractivity contribution < 1.29 is 0 Å². The van der Waals surface area contributed by atoms with Crippen LogP contribution < -0.4 is 11.1 Å². The fraction of sp³-hybridized carbons (Fsp3) is 0.500. The molecule has 3 nitrogen and oxygen atoms in total. The first-order chi connectivity index (χ1) is 6.55. The Labute approximate surface area is 93.2 Å². The number of halogens is 1. The van der Waals surface area contributed by atoms with Gasteiger partial charge < -0.3 is 11.1 Å². The molecule has 3 N–H and O–H groups in total. The van der Waals surface area contributed by atoms with E-state index in [-0.39, 0.29) is 5.41 Å². The van der Waals surface area contributed by atoms with Gasteiger partial charge in [0.25, 0.3) is 0 Å². The van der Waals surface area contributed by atoms with Crippen LogP contribution in [0, 0.1) is 5.41 Å². The summed E-state index contributed by atoms with van der Waals surface area (Å²) < 4.78 is 0.979. The number of hydrogen-bond acceptors (Lipinski definition) is 3. The zero-order chi connectivity index (χ0) is 10.6. The van der Waals surface area contributed by atoms with Crippen molar-refractivity contribution in [3.05, 3.63) is 22.8 Å². The van der Waals surface area contributed by atoms with Crippen LogP contribution in [0.1, 0.15) is 13.8 Å². The molecule has 0 aliphatic heterocycles. The van der Waals surface area contributed by atoms with Crippen molar-refractivity contribution in [2.24, 2.45) is 11.1 Å². The summed E-state index contributed by atoms with van der Waals surface area (Å²) in [5.74, 6) is 0.869. The second kappa shape index (κ2) is 4.75. The SMILES string of the molecule is CC(C)(CN)CNc1ncccc1Br. The minimum Gasteiger partial charge on any atom is -0.369 e. The summed E-state index contributed by atoms with van der Waals surface area (Å²) in [7, 11) is 0. The van der Waals surface area contributed by atoms with Crippen LogP contribution in [0.5, 0.6) is 0 Å². The smallest absolute Gasteiger partial charge is 0.140 e. The average molecular weight is 258 g/mol. The van der Waals surface area contributed by atoms with Crippen LogP contribution in [0.2, 0.25) is 0 Å². The molecule has 0 saturated heterocycles. The van der Waals surface area contributed by atoms with E-state index in [9.17, 15) is 0 Å². The van der Waals surface area contributed by atoms with E-state index in [0.29, 0.717) is 6.54 Å². The third-order valence-electron chi connectivity index (χ3n) is 2.05. The van der Waals surface area contributed by atoms with Crippen LogP contribution in [0.15, 0.2) is 22.8 Å².